The molecule has 2 aromatic heterocycles. The number of amides is 1. The molecule has 1 aromatic carbocycles. The van der Waals surface area contributed by atoms with Crippen molar-refractivity contribution in [3.05, 3.63) is 45.8 Å². The van der Waals surface area contributed by atoms with Crippen LogP contribution in [0.2, 0.25) is 0 Å². The maximum absolute atomic E-state index is 14.6. The molecule has 3 aromatic rings. The third-order valence-electron chi connectivity index (χ3n) is 11.1. The molecule has 0 saturated carbocycles. The number of nitrogens with zero attached hydrogens (tertiary/aromatic N) is 3. The molecule has 4 aliphatic rings. The van der Waals surface area contributed by atoms with Gasteiger partial charge in [0.15, 0.2) is 5.78 Å². The molecule has 4 fully saturated rings. The van der Waals surface area contributed by atoms with Crippen LogP contribution in [0.4, 0.5) is 0 Å². The maximum atomic E-state index is 14.6. The van der Waals surface area contributed by atoms with Crippen LogP contribution in [0.15, 0.2) is 24.3 Å². The third kappa shape index (κ3) is 5.59. The molecule has 2 unspecified atom stereocenters. The minimum Gasteiger partial charge on any atom is -0.346 e. The van der Waals surface area contributed by atoms with E-state index >= 15 is 0 Å². The summed E-state index contributed by atoms with van der Waals surface area (Å²) in [5.74, 6) is 1.29. The first-order chi connectivity index (χ1) is 21.3. The number of aryl methyl sites for hydroxylation is 2. The monoisotopic (exact) mass is 652 g/mol. The minimum absolute atomic E-state index is 0.102. The largest absolute Gasteiger partial charge is 0.346 e. The molecule has 6 heterocycles. The Morgan fingerprint density at radius 3 is 2.13 bits per heavy atom. The highest BCUT2D eigenvalue weighted by Crippen LogP contribution is 2.48. The van der Waals surface area contributed by atoms with E-state index < -0.39 is 16.0 Å². The van der Waals surface area contributed by atoms with Gasteiger partial charge in [-0.15, -0.1) is 11.3 Å². The number of benzene rings is 1. The normalized spacial score (nSPS) is 27.0. The molecular weight excluding hydrogens is 605 g/mol. The van der Waals surface area contributed by atoms with Crippen LogP contribution in [0.25, 0.3) is 21.5 Å². The lowest BCUT2D eigenvalue weighted by atomic mass is 9.88. The average molecular weight is 653 g/mol. The quantitative estimate of drug-likeness (QED) is 0.247. The molecule has 0 aliphatic carbocycles. The number of fused-ring (bicyclic) bond motifs is 3. The van der Waals surface area contributed by atoms with E-state index in [9.17, 15) is 18.7 Å². The van der Waals surface area contributed by atoms with Crippen molar-refractivity contribution in [1.82, 2.24) is 19.7 Å². The average Bonchev–Trinajstić information content (AvgIpc) is 3.82. The number of carbonyl (C=O) groups excluding carboxylic acids is 2. The van der Waals surface area contributed by atoms with Crippen LogP contribution in [-0.4, -0.2) is 102 Å². The summed E-state index contributed by atoms with van der Waals surface area (Å²) < 4.78 is 20.3. The molecule has 10 heteroatoms. The number of hydrogen-bond acceptors (Lipinski definition) is 7. The van der Waals surface area contributed by atoms with Gasteiger partial charge in [-0.25, -0.2) is 0 Å². The predicted octanol–water partition coefficient (Wildman–Crippen LogP) is 6.66. The zero-order valence-electron chi connectivity index (χ0n) is 27.3. The number of hydrogen-bond donors (Lipinski definition) is 3. The molecule has 2 atom stereocenters. The molecule has 0 radical (unpaired) electrons. The SMILES string of the molecule is Cc1cc(C)cc(-c2[nH]c3sc(C(C)(C)C(=O)N4C5CCC4CC5)cc3c2C(=O)C(C)N2CCN(C3CCS(O)(O)C3)CC2)c1. The Kier molecular flexibility index (Phi) is 8.02. The minimum atomic E-state index is -2.43. The summed E-state index contributed by atoms with van der Waals surface area (Å²) in [7, 11) is -2.43. The summed E-state index contributed by atoms with van der Waals surface area (Å²) in [5, 5.41) is 0.918. The highest BCUT2D eigenvalue weighted by atomic mass is 32.3. The summed E-state index contributed by atoms with van der Waals surface area (Å²) in [6.07, 6.45) is 5.30. The molecule has 3 N–H and O–H groups in total. The number of carbonyl (C=O) groups is 2. The van der Waals surface area contributed by atoms with Crippen molar-refractivity contribution in [3.8, 4) is 11.3 Å². The molecule has 45 heavy (non-hydrogen) atoms. The van der Waals surface area contributed by atoms with Gasteiger partial charge in [0.2, 0.25) is 5.91 Å². The van der Waals surface area contributed by atoms with Crippen molar-refractivity contribution in [1.29, 1.82) is 0 Å². The molecule has 1 amide bonds. The Labute approximate surface area is 272 Å². The van der Waals surface area contributed by atoms with Gasteiger partial charge in [-0.2, -0.15) is 10.6 Å². The first kappa shape index (κ1) is 31.4. The maximum Gasteiger partial charge on any atom is 0.233 e. The molecule has 4 saturated heterocycles. The number of piperazine rings is 1. The molecule has 7 rings (SSSR count). The van der Waals surface area contributed by atoms with Crippen molar-refractivity contribution in [2.45, 2.75) is 96.3 Å². The van der Waals surface area contributed by atoms with Crippen LogP contribution in [0, 0.1) is 13.8 Å². The number of ketones is 1. The van der Waals surface area contributed by atoms with Gasteiger partial charge >= 0.3 is 0 Å². The Balaban J connectivity index is 1.19. The van der Waals surface area contributed by atoms with Gasteiger partial charge in [0, 0.05) is 60.3 Å². The lowest BCUT2D eigenvalue weighted by molar-refractivity contribution is -0.137. The molecule has 244 valence electrons. The summed E-state index contributed by atoms with van der Waals surface area (Å²) >= 11 is 1.62. The van der Waals surface area contributed by atoms with E-state index in [4.69, 9.17) is 0 Å². The van der Waals surface area contributed by atoms with E-state index in [1.165, 1.54) is 0 Å². The van der Waals surface area contributed by atoms with Crippen LogP contribution in [-0.2, 0) is 10.2 Å². The van der Waals surface area contributed by atoms with Gasteiger partial charge in [-0.05, 0) is 90.5 Å². The van der Waals surface area contributed by atoms with E-state index in [1.807, 2.05) is 6.92 Å². The third-order valence-corrected chi connectivity index (χ3v) is 14.3. The van der Waals surface area contributed by atoms with Crippen LogP contribution in [0.1, 0.15) is 79.2 Å². The Morgan fingerprint density at radius 2 is 1.56 bits per heavy atom. The molecular formula is C35H48N4O4S2. The van der Waals surface area contributed by atoms with Crippen LogP contribution >= 0.6 is 21.9 Å². The second-order valence-electron chi connectivity index (χ2n) is 14.6. The second-order valence-corrected chi connectivity index (χ2v) is 18.0. The lowest BCUT2D eigenvalue weighted by Crippen LogP contribution is -2.54. The van der Waals surface area contributed by atoms with Crippen LogP contribution in [0.3, 0.4) is 0 Å². The van der Waals surface area contributed by atoms with Gasteiger partial charge < -0.3 is 9.88 Å². The molecule has 2 bridgehead atoms. The number of aromatic amines is 1. The van der Waals surface area contributed by atoms with Crippen LogP contribution < -0.4 is 0 Å². The summed E-state index contributed by atoms with van der Waals surface area (Å²) in [6, 6.07) is 9.23. The number of rotatable bonds is 7. The second kappa shape index (κ2) is 11.5. The zero-order valence-corrected chi connectivity index (χ0v) is 28.9. The van der Waals surface area contributed by atoms with Gasteiger partial charge in [0.1, 0.15) is 4.83 Å². The van der Waals surface area contributed by atoms with E-state index in [0.29, 0.717) is 23.6 Å². The number of Topliss-reactive ketones (excluding diaryl/α,β-unsaturated/α-hetero) is 1. The Hall–Kier alpha value is -2.21. The lowest BCUT2D eigenvalue weighted by Gasteiger charge is -2.40. The van der Waals surface area contributed by atoms with Crippen molar-refractivity contribution < 1.29 is 18.7 Å². The Bertz CT molecular complexity index is 1600. The van der Waals surface area contributed by atoms with Crippen molar-refractivity contribution >= 4 is 43.8 Å². The molecule has 0 spiro atoms. The van der Waals surface area contributed by atoms with Gasteiger partial charge in [0.05, 0.1) is 28.5 Å². The number of aromatic nitrogens is 1. The smallest absolute Gasteiger partial charge is 0.233 e. The van der Waals surface area contributed by atoms with E-state index in [-0.39, 0.29) is 23.8 Å². The van der Waals surface area contributed by atoms with E-state index in [2.05, 4.69) is 71.6 Å². The fourth-order valence-corrected chi connectivity index (χ4v) is 11.5. The zero-order chi connectivity index (χ0) is 31.8. The standard InChI is InChI=1S/C35H48N4O4S2/c1-21-16-22(2)18-24(17-21)31-30(32(40)23(3)37-11-13-38(14-12-37)27-10-15-45(42,43)20-27)28-19-29(44-33(28)36-31)35(4,5)34(41)39-25-6-7-26(39)9-8-25/h16-19,23,25-27,36,42-43H,6-15,20H2,1-5H3. The first-order valence-electron chi connectivity index (χ1n) is 16.7. The van der Waals surface area contributed by atoms with Gasteiger partial charge in [-0.1, -0.05) is 17.2 Å². The van der Waals surface area contributed by atoms with E-state index in [0.717, 1.165) is 101 Å². The fourth-order valence-electron chi connectivity index (χ4n) is 8.50. The van der Waals surface area contributed by atoms with Gasteiger partial charge in [-0.3, -0.25) is 28.5 Å². The van der Waals surface area contributed by atoms with Crippen molar-refractivity contribution in [2.24, 2.45) is 0 Å². The number of thiophene rings is 1. The number of nitrogens with one attached hydrogen (secondary N) is 1. The summed E-state index contributed by atoms with van der Waals surface area (Å²) in [5.41, 5.74) is 4.25. The molecule has 8 nitrogen and oxygen atoms in total. The van der Waals surface area contributed by atoms with E-state index in [1.54, 1.807) is 11.3 Å². The van der Waals surface area contributed by atoms with Gasteiger partial charge in [0.25, 0.3) is 0 Å². The molecule has 4 aliphatic heterocycles. The van der Waals surface area contributed by atoms with Crippen LogP contribution in [0.5, 0.6) is 0 Å². The number of H-pyrrole nitrogens is 1. The Morgan fingerprint density at radius 1 is 0.933 bits per heavy atom. The van der Waals surface area contributed by atoms with Crippen molar-refractivity contribution in [3.63, 3.8) is 0 Å². The topological polar surface area (TPSA) is 100 Å². The summed E-state index contributed by atoms with van der Waals surface area (Å²) in [6.45, 7) is 13.5. The van der Waals surface area contributed by atoms with Crippen molar-refractivity contribution in [2.75, 3.05) is 37.7 Å². The highest BCUT2D eigenvalue weighted by Gasteiger charge is 2.47. The fraction of sp³-hybridized carbons (Fsp3) is 0.600. The predicted molar refractivity (Wildman–Crippen MR) is 185 cm³/mol. The highest BCUT2D eigenvalue weighted by molar-refractivity contribution is 8.24. The summed E-state index contributed by atoms with van der Waals surface area (Å²) in [4.78, 5) is 41.0. The first-order valence-corrected chi connectivity index (χ1v) is 19.4.